The first-order chi connectivity index (χ1) is 11.6. The molecule has 0 amide bonds. The number of benzene rings is 1. The van der Waals surface area contributed by atoms with E-state index in [2.05, 4.69) is 15.0 Å². The Morgan fingerprint density at radius 1 is 1.29 bits per heavy atom. The fraction of sp³-hybridized carbons (Fsp3) is 0.312. The Kier molecular flexibility index (Phi) is 3.53. The van der Waals surface area contributed by atoms with E-state index in [4.69, 9.17) is 5.73 Å². The minimum Gasteiger partial charge on any atom is -0.352 e. The summed E-state index contributed by atoms with van der Waals surface area (Å²) in [4.78, 5) is 19.0. The third-order valence-corrected chi connectivity index (χ3v) is 4.25. The van der Waals surface area contributed by atoms with E-state index >= 15 is 0 Å². The highest BCUT2D eigenvalue weighted by Crippen LogP contribution is 2.20. The van der Waals surface area contributed by atoms with Crippen molar-refractivity contribution < 1.29 is 4.39 Å². The molecule has 2 aromatic heterocycles. The van der Waals surface area contributed by atoms with Crippen molar-refractivity contribution in [1.82, 2.24) is 19.2 Å². The van der Waals surface area contributed by atoms with Crippen LogP contribution in [-0.4, -0.2) is 38.3 Å². The van der Waals surface area contributed by atoms with Crippen molar-refractivity contribution in [2.75, 3.05) is 18.0 Å². The van der Waals surface area contributed by atoms with Crippen LogP contribution in [0.4, 0.5) is 10.2 Å². The lowest BCUT2D eigenvalue weighted by atomic mass is 10.2. The van der Waals surface area contributed by atoms with Gasteiger partial charge in [0.1, 0.15) is 5.82 Å². The summed E-state index contributed by atoms with van der Waals surface area (Å²) >= 11 is 0. The number of anilines is 1. The molecule has 7 nitrogen and oxygen atoms in total. The zero-order valence-electron chi connectivity index (χ0n) is 13.0. The molecule has 1 aliphatic heterocycles. The molecule has 3 aromatic rings. The van der Waals surface area contributed by atoms with Crippen LogP contribution in [0.2, 0.25) is 0 Å². The van der Waals surface area contributed by atoms with Crippen LogP contribution in [0.3, 0.4) is 0 Å². The SMILES string of the molecule is NC1CCN(c2nccn3c(=O)n(Cc4ccc(F)cc4)nc23)C1. The van der Waals surface area contributed by atoms with Crippen LogP contribution in [0.15, 0.2) is 41.5 Å². The van der Waals surface area contributed by atoms with Crippen molar-refractivity contribution in [2.45, 2.75) is 19.0 Å². The predicted molar refractivity (Wildman–Crippen MR) is 87.6 cm³/mol. The van der Waals surface area contributed by atoms with Gasteiger partial charge in [-0.2, -0.15) is 0 Å². The van der Waals surface area contributed by atoms with Crippen molar-refractivity contribution in [2.24, 2.45) is 5.73 Å². The molecular formula is C16H17FN6O. The van der Waals surface area contributed by atoms with Gasteiger partial charge in [-0.1, -0.05) is 12.1 Å². The summed E-state index contributed by atoms with van der Waals surface area (Å²) in [5.74, 6) is 0.360. The average Bonchev–Trinajstić information content (AvgIpc) is 3.14. The van der Waals surface area contributed by atoms with E-state index in [-0.39, 0.29) is 24.1 Å². The highest BCUT2D eigenvalue weighted by atomic mass is 19.1. The van der Waals surface area contributed by atoms with Crippen LogP contribution in [0, 0.1) is 5.82 Å². The highest BCUT2D eigenvalue weighted by molar-refractivity contribution is 5.63. The van der Waals surface area contributed by atoms with Gasteiger partial charge in [0.05, 0.1) is 6.54 Å². The number of nitrogens with zero attached hydrogens (tertiary/aromatic N) is 5. The first-order valence-corrected chi connectivity index (χ1v) is 7.81. The van der Waals surface area contributed by atoms with Gasteiger partial charge >= 0.3 is 5.69 Å². The molecule has 4 rings (SSSR count). The largest absolute Gasteiger partial charge is 0.352 e. The van der Waals surface area contributed by atoms with Crippen LogP contribution in [0.5, 0.6) is 0 Å². The quantitative estimate of drug-likeness (QED) is 0.762. The van der Waals surface area contributed by atoms with E-state index in [9.17, 15) is 9.18 Å². The first-order valence-electron chi connectivity index (χ1n) is 7.81. The second kappa shape index (κ2) is 5.72. The van der Waals surface area contributed by atoms with Crippen molar-refractivity contribution in [3.8, 4) is 0 Å². The summed E-state index contributed by atoms with van der Waals surface area (Å²) in [6.45, 7) is 1.78. The lowest BCUT2D eigenvalue weighted by Crippen LogP contribution is -2.27. The van der Waals surface area contributed by atoms with Crippen LogP contribution in [0.25, 0.3) is 5.65 Å². The minimum absolute atomic E-state index is 0.111. The van der Waals surface area contributed by atoms with Gasteiger partial charge < -0.3 is 10.6 Å². The van der Waals surface area contributed by atoms with Crippen molar-refractivity contribution in [1.29, 1.82) is 0 Å². The number of halogens is 1. The van der Waals surface area contributed by atoms with E-state index in [1.54, 1.807) is 24.5 Å². The minimum atomic E-state index is -0.307. The monoisotopic (exact) mass is 328 g/mol. The molecule has 0 aliphatic carbocycles. The van der Waals surface area contributed by atoms with Gasteiger partial charge in [-0.25, -0.2) is 23.3 Å². The smallest absolute Gasteiger partial charge is 0.350 e. The summed E-state index contributed by atoms with van der Waals surface area (Å²) in [6, 6.07) is 6.14. The molecule has 0 radical (unpaired) electrons. The molecule has 1 atom stereocenters. The van der Waals surface area contributed by atoms with Gasteiger partial charge in [-0.05, 0) is 24.1 Å². The average molecular weight is 328 g/mol. The number of aromatic nitrogens is 4. The summed E-state index contributed by atoms with van der Waals surface area (Å²) in [5, 5.41) is 4.43. The molecule has 1 aromatic carbocycles. The molecule has 2 N–H and O–H groups in total. The number of hydrogen-bond acceptors (Lipinski definition) is 5. The molecule has 124 valence electrons. The van der Waals surface area contributed by atoms with E-state index in [1.165, 1.54) is 21.2 Å². The van der Waals surface area contributed by atoms with Crippen molar-refractivity contribution in [3.05, 3.63) is 58.5 Å². The Balaban J connectivity index is 1.74. The van der Waals surface area contributed by atoms with Crippen LogP contribution < -0.4 is 16.3 Å². The lowest BCUT2D eigenvalue weighted by molar-refractivity contribution is 0.622. The summed E-state index contributed by atoms with van der Waals surface area (Å²) in [5.41, 5.74) is 7.03. The first kappa shape index (κ1) is 14.8. The van der Waals surface area contributed by atoms with Crippen LogP contribution in [0.1, 0.15) is 12.0 Å². The number of nitrogens with two attached hydrogens (primary N) is 1. The maximum atomic E-state index is 13.0. The summed E-state index contributed by atoms with van der Waals surface area (Å²) < 4.78 is 15.9. The zero-order chi connectivity index (χ0) is 16.7. The second-order valence-corrected chi connectivity index (χ2v) is 6.01. The molecule has 1 unspecified atom stereocenters. The molecule has 1 saturated heterocycles. The van der Waals surface area contributed by atoms with Crippen molar-refractivity contribution in [3.63, 3.8) is 0 Å². The molecule has 24 heavy (non-hydrogen) atoms. The number of fused-ring (bicyclic) bond motifs is 1. The van der Waals surface area contributed by atoms with Gasteiger partial charge in [0.2, 0.25) is 5.65 Å². The van der Waals surface area contributed by atoms with Gasteiger partial charge in [0.25, 0.3) is 0 Å². The van der Waals surface area contributed by atoms with Gasteiger partial charge in [0.15, 0.2) is 5.82 Å². The second-order valence-electron chi connectivity index (χ2n) is 6.01. The molecular weight excluding hydrogens is 311 g/mol. The number of hydrogen-bond donors (Lipinski definition) is 1. The fourth-order valence-electron chi connectivity index (χ4n) is 3.00. The summed E-state index contributed by atoms with van der Waals surface area (Å²) in [7, 11) is 0. The Bertz CT molecular complexity index is 932. The maximum Gasteiger partial charge on any atom is 0.350 e. The maximum absolute atomic E-state index is 13.0. The van der Waals surface area contributed by atoms with Gasteiger partial charge in [-0.3, -0.25) is 0 Å². The van der Waals surface area contributed by atoms with Gasteiger partial charge in [-0.15, -0.1) is 5.10 Å². The number of rotatable bonds is 3. The lowest BCUT2D eigenvalue weighted by Gasteiger charge is -2.16. The molecule has 3 heterocycles. The van der Waals surface area contributed by atoms with E-state index in [1.807, 2.05) is 0 Å². The standard InChI is InChI=1S/C16H17FN6O/c17-12-3-1-11(2-4-12)9-23-16(24)22-8-6-19-14(15(22)20-23)21-7-5-13(18)10-21/h1-4,6,8,13H,5,7,9-10,18H2. The molecule has 0 bridgehead atoms. The van der Waals surface area contributed by atoms with E-state index in [0.717, 1.165) is 18.5 Å². The van der Waals surface area contributed by atoms with Crippen LogP contribution >= 0.6 is 0 Å². The fourth-order valence-corrected chi connectivity index (χ4v) is 3.00. The molecule has 0 spiro atoms. The molecule has 8 heteroatoms. The van der Waals surface area contributed by atoms with E-state index in [0.29, 0.717) is 18.0 Å². The van der Waals surface area contributed by atoms with Gasteiger partial charge in [0, 0.05) is 31.5 Å². The zero-order valence-corrected chi connectivity index (χ0v) is 13.0. The highest BCUT2D eigenvalue weighted by Gasteiger charge is 2.24. The normalized spacial score (nSPS) is 17.8. The predicted octanol–water partition coefficient (Wildman–Crippen LogP) is 0.616. The topological polar surface area (TPSA) is 81.5 Å². The van der Waals surface area contributed by atoms with Crippen LogP contribution in [-0.2, 0) is 6.54 Å². The van der Waals surface area contributed by atoms with E-state index < -0.39 is 0 Å². The Hall–Kier alpha value is -2.74. The Labute approximate surface area is 137 Å². The third-order valence-electron chi connectivity index (χ3n) is 4.25. The Morgan fingerprint density at radius 2 is 2.08 bits per heavy atom. The summed E-state index contributed by atoms with van der Waals surface area (Å²) in [6.07, 6.45) is 4.09. The molecule has 1 aliphatic rings. The third kappa shape index (κ3) is 2.54. The molecule has 0 saturated carbocycles. The Morgan fingerprint density at radius 3 is 2.79 bits per heavy atom. The molecule has 1 fully saturated rings. The van der Waals surface area contributed by atoms with Crippen molar-refractivity contribution >= 4 is 11.5 Å².